The highest BCUT2D eigenvalue weighted by molar-refractivity contribution is 7.22. The number of carbonyl (C=O) groups excluding carboxylic acids is 1. The molecule has 5 nitrogen and oxygen atoms in total. The number of fused-ring (bicyclic) bond motifs is 2. The predicted molar refractivity (Wildman–Crippen MR) is 88.2 cm³/mol. The highest BCUT2D eigenvalue weighted by Crippen LogP contribution is 2.28. The van der Waals surface area contributed by atoms with Crippen LogP contribution >= 0.6 is 11.3 Å². The first-order valence-electron chi connectivity index (χ1n) is 7.30. The van der Waals surface area contributed by atoms with Gasteiger partial charge in [-0.15, -0.1) is 0 Å². The van der Waals surface area contributed by atoms with Crippen molar-refractivity contribution in [2.24, 2.45) is 0 Å². The molecular formula is C16H16N4OS. The van der Waals surface area contributed by atoms with E-state index in [0.717, 1.165) is 16.8 Å². The van der Waals surface area contributed by atoms with Crippen molar-refractivity contribution in [3.05, 3.63) is 48.3 Å². The molecule has 1 atom stereocenters. The Bertz CT molecular complexity index is 804. The normalized spacial score (nSPS) is 17.5. The second-order valence-corrected chi connectivity index (χ2v) is 6.44. The lowest BCUT2D eigenvalue weighted by Crippen LogP contribution is -2.42. The summed E-state index contributed by atoms with van der Waals surface area (Å²) in [6.45, 7) is 3.60. The third-order valence-corrected chi connectivity index (χ3v) is 5.06. The van der Waals surface area contributed by atoms with E-state index in [4.69, 9.17) is 0 Å². The van der Waals surface area contributed by atoms with Crippen LogP contribution in [0.2, 0.25) is 0 Å². The van der Waals surface area contributed by atoms with Crippen LogP contribution in [0.15, 0.2) is 42.6 Å². The van der Waals surface area contributed by atoms with Crippen molar-refractivity contribution in [2.75, 3.05) is 11.9 Å². The molecule has 0 radical (unpaired) electrons. The molecule has 112 valence electrons. The van der Waals surface area contributed by atoms with Gasteiger partial charge in [0.2, 0.25) is 0 Å². The molecule has 2 amide bonds. The van der Waals surface area contributed by atoms with Crippen LogP contribution in [0.3, 0.4) is 0 Å². The zero-order chi connectivity index (χ0) is 15.1. The molecule has 0 bridgehead atoms. The lowest BCUT2D eigenvalue weighted by Gasteiger charge is -2.34. The minimum absolute atomic E-state index is 0.0677. The lowest BCUT2D eigenvalue weighted by molar-refractivity contribution is 0.175. The average molecular weight is 312 g/mol. The maximum Gasteiger partial charge on any atom is 0.324 e. The van der Waals surface area contributed by atoms with Crippen LogP contribution in [0.1, 0.15) is 18.7 Å². The van der Waals surface area contributed by atoms with E-state index in [0.29, 0.717) is 11.7 Å². The number of nitrogens with one attached hydrogen (secondary N) is 1. The van der Waals surface area contributed by atoms with E-state index in [2.05, 4.69) is 34.1 Å². The average Bonchev–Trinajstić information content (AvgIpc) is 3.13. The lowest BCUT2D eigenvalue weighted by atomic mass is 10.1. The molecular weight excluding hydrogens is 296 g/mol. The molecule has 0 aliphatic carbocycles. The number of amides is 2. The molecule has 0 saturated carbocycles. The van der Waals surface area contributed by atoms with Crippen molar-refractivity contribution >= 4 is 32.7 Å². The minimum atomic E-state index is -0.0843. The van der Waals surface area contributed by atoms with Crippen LogP contribution < -0.4 is 5.32 Å². The Kier molecular flexibility index (Phi) is 3.11. The smallest absolute Gasteiger partial charge is 0.324 e. The van der Waals surface area contributed by atoms with Gasteiger partial charge < -0.3 is 9.47 Å². The Morgan fingerprint density at radius 3 is 3.00 bits per heavy atom. The molecule has 1 aromatic carbocycles. The van der Waals surface area contributed by atoms with E-state index in [-0.39, 0.29) is 12.1 Å². The molecule has 2 aromatic heterocycles. The molecule has 3 heterocycles. The van der Waals surface area contributed by atoms with Gasteiger partial charge in [0.1, 0.15) is 0 Å². The van der Waals surface area contributed by atoms with Gasteiger partial charge in [-0.05, 0) is 31.2 Å². The predicted octanol–water partition coefficient (Wildman–Crippen LogP) is 3.71. The topological polar surface area (TPSA) is 50.2 Å². The molecule has 4 rings (SSSR count). The monoisotopic (exact) mass is 312 g/mol. The summed E-state index contributed by atoms with van der Waals surface area (Å²) in [7, 11) is 0. The number of aromatic nitrogens is 2. The standard InChI is InChI=1S/C16H16N4OS/c1-11-13-6-4-8-19(13)9-10-20(11)16(21)18-15-17-12-5-2-3-7-14(12)22-15/h2-8,11H,9-10H2,1H3,(H,17,18,21)/t11-/m0/s1. The summed E-state index contributed by atoms with van der Waals surface area (Å²) in [5.41, 5.74) is 2.09. The van der Waals surface area contributed by atoms with Gasteiger partial charge in [-0.3, -0.25) is 5.32 Å². The van der Waals surface area contributed by atoms with Crippen LogP contribution in [0.5, 0.6) is 0 Å². The van der Waals surface area contributed by atoms with E-state index in [1.165, 1.54) is 17.0 Å². The number of urea groups is 1. The summed E-state index contributed by atoms with van der Waals surface area (Å²) < 4.78 is 3.28. The molecule has 1 aliphatic heterocycles. The molecule has 0 fully saturated rings. The molecule has 1 N–H and O–H groups in total. The van der Waals surface area contributed by atoms with Gasteiger partial charge in [-0.1, -0.05) is 23.5 Å². The van der Waals surface area contributed by atoms with Crippen molar-refractivity contribution in [1.82, 2.24) is 14.5 Å². The number of anilines is 1. The number of hydrogen-bond donors (Lipinski definition) is 1. The van der Waals surface area contributed by atoms with Gasteiger partial charge in [0.25, 0.3) is 0 Å². The summed E-state index contributed by atoms with van der Waals surface area (Å²) in [6, 6.07) is 12.0. The summed E-state index contributed by atoms with van der Waals surface area (Å²) in [5.74, 6) is 0. The number of nitrogens with zero attached hydrogens (tertiary/aromatic N) is 3. The fraction of sp³-hybridized carbons (Fsp3) is 0.250. The summed E-state index contributed by atoms with van der Waals surface area (Å²) in [5, 5.41) is 3.59. The summed E-state index contributed by atoms with van der Waals surface area (Å²) in [4.78, 5) is 18.9. The van der Waals surface area contributed by atoms with E-state index in [9.17, 15) is 4.79 Å². The van der Waals surface area contributed by atoms with Crippen LogP contribution in [0.4, 0.5) is 9.93 Å². The minimum Gasteiger partial charge on any atom is -0.348 e. The van der Waals surface area contributed by atoms with E-state index < -0.39 is 0 Å². The molecule has 22 heavy (non-hydrogen) atoms. The number of para-hydroxylation sites is 1. The first-order valence-corrected chi connectivity index (χ1v) is 8.12. The van der Waals surface area contributed by atoms with Gasteiger partial charge in [0, 0.05) is 25.0 Å². The van der Waals surface area contributed by atoms with Crippen LogP contribution in [0.25, 0.3) is 10.2 Å². The zero-order valence-corrected chi connectivity index (χ0v) is 13.0. The quantitative estimate of drug-likeness (QED) is 0.745. The molecule has 0 unspecified atom stereocenters. The third-order valence-electron chi connectivity index (χ3n) is 4.11. The van der Waals surface area contributed by atoms with Crippen molar-refractivity contribution < 1.29 is 4.79 Å². The van der Waals surface area contributed by atoms with E-state index >= 15 is 0 Å². The molecule has 1 aliphatic rings. The van der Waals surface area contributed by atoms with Crippen molar-refractivity contribution in [3.63, 3.8) is 0 Å². The van der Waals surface area contributed by atoms with Crippen molar-refractivity contribution in [3.8, 4) is 0 Å². The number of carbonyl (C=O) groups is 1. The number of thiazole rings is 1. The molecule has 6 heteroatoms. The second-order valence-electron chi connectivity index (χ2n) is 5.41. The Labute approximate surface area is 132 Å². The second kappa shape index (κ2) is 5.14. The van der Waals surface area contributed by atoms with Crippen LogP contribution in [-0.4, -0.2) is 27.0 Å². The Morgan fingerprint density at radius 1 is 1.27 bits per heavy atom. The number of hydrogen-bond acceptors (Lipinski definition) is 3. The van der Waals surface area contributed by atoms with E-state index in [1.807, 2.05) is 35.2 Å². The Morgan fingerprint density at radius 2 is 2.14 bits per heavy atom. The van der Waals surface area contributed by atoms with Gasteiger partial charge in [0.15, 0.2) is 5.13 Å². The van der Waals surface area contributed by atoms with Gasteiger partial charge in [-0.25, -0.2) is 9.78 Å². The molecule has 0 spiro atoms. The van der Waals surface area contributed by atoms with Crippen LogP contribution in [0, 0.1) is 0 Å². The summed E-state index contributed by atoms with van der Waals surface area (Å²) in [6.07, 6.45) is 2.06. The van der Waals surface area contributed by atoms with Gasteiger partial charge in [-0.2, -0.15) is 0 Å². The summed E-state index contributed by atoms with van der Waals surface area (Å²) >= 11 is 1.50. The molecule has 3 aromatic rings. The van der Waals surface area contributed by atoms with Gasteiger partial charge in [0.05, 0.1) is 16.3 Å². The SMILES string of the molecule is C[C@H]1c2cccn2CCN1C(=O)Nc1nc2ccccc2s1. The van der Waals surface area contributed by atoms with Crippen molar-refractivity contribution in [1.29, 1.82) is 0 Å². The highest BCUT2D eigenvalue weighted by Gasteiger charge is 2.27. The third kappa shape index (κ3) is 2.16. The van der Waals surface area contributed by atoms with E-state index in [1.54, 1.807) is 0 Å². The molecule has 0 saturated heterocycles. The fourth-order valence-corrected chi connectivity index (χ4v) is 3.80. The maximum absolute atomic E-state index is 12.6. The number of benzene rings is 1. The Balaban J connectivity index is 1.55. The van der Waals surface area contributed by atoms with Crippen molar-refractivity contribution in [2.45, 2.75) is 19.5 Å². The highest BCUT2D eigenvalue weighted by atomic mass is 32.1. The zero-order valence-electron chi connectivity index (χ0n) is 12.2. The number of rotatable bonds is 1. The first kappa shape index (κ1) is 13.3. The maximum atomic E-state index is 12.6. The largest absolute Gasteiger partial charge is 0.348 e. The fourth-order valence-electron chi connectivity index (χ4n) is 2.95. The first-order chi connectivity index (χ1) is 10.7. The van der Waals surface area contributed by atoms with Gasteiger partial charge >= 0.3 is 6.03 Å². The Hall–Kier alpha value is -2.34. The van der Waals surface area contributed by atoms with Crippen LogP contribution in [-0.2, 0) is 6.54 Å².